The molecule has 0 aliphatic heterocycles. The van der Waals surface area contributed by atoms with Crippen LogP contribution >= 0.6 is 0 Å². The van der Waals surface area contributed by atoms with Crippen molar-refractivity contribution in [1.82, 2.24) is 9.97 Å². The molecule has 0 amide bonds. The van der Waals surface area contributed by atoms with E-state index in [1.54, 1.807) is 19.2 Å². The number of hydrogen-bond acceptors (Lipinski definition) is 4. The largest absolute Gasteiger partial charge is 0.487 e. The van der Waals surface area contributed by atoms with Gasteiger partial charge in [-0.3, -0.25) is 4.98 Å². The first-order valence-electron chi connectivity index (χ1n) is 5.10. The summed E-state index contributed by atoms with van der Waals surface area (Å²) in [6, 6.07) is 4.37. The van der Waals surface area contributed by atoms with Gasteiger partial charge >= 0.3 is 0 Å². The van der Waals surface area contributed by atoms with Gasteiger partial charge in [0.25, 0.3) is 0 Å². The third-order valence-electron chi connectivity index (χ3n) is 2.24. The van der Waals surface area contributed by atoms with E-state index in [0.29, 0.717) is 17.3 Å². The molecule has 1 aromatic heterocycles. The van der Waals surface area contributed by atoms with Crippen molar-refractivity contribution in [3.8, 4) is 5.75 Å². The number of benzene rings is 1. The Morgan fingerprint density at radius 1 is 1.29 bits per heavy atom. The Labute approximate surface area is 98.3 Å². The van der Waals surface area contributed by atoms with Crippen LogP contribution in [0.3, 0.4) is 0 Å². The Hall–Kier alpha value is -2.17. The molecule has 88 valence electrons. The van der Waals surface area contributed by atoms with Gasteiger partial charge in [0, 0.05) is 0 Å². The second kappa shape index (κ2) is 4.78. The molecular weight excluding hydrogens is 221 g/mol. The van der Waals surface area contributed by atoms with E-state index in [1.165, 1.54) is 18.3 Å². The van der Waals surface area contributed by atoms with Crippen LogP contribution in [0.5, 0.6) is 5.75 Å². The van der Waals surface area contributed by atoms with E-state index in [9.17, 15) is 4.39 Å². The van der Waals surface area contributed by atoms with Crippen LogP contribution in [-0.2, 0) is 6.61 Å². The highest BCUT2D eigenvalue weighted by Gasteiger charge is 2.02. The molecule has 0 aliphatic carbocycles. The Balaban J connectivity index is 2.04. The van der Waals surface area contributed by atoms with E-state index < -0.39 is 0 Å². The number of aromatic nitrogens is 2. The van der Waals surface area contributed by atoms with Crippen LogP contribution < -0.4 is 10.5 Å². The monoisotopic (exact) mass is 233 g/mol. The molecule has 2 N–H and O–H groups in total. The highest BCUT2D eigenvalue weighted by atomic mass is 19.1. The van der Waals surface area contributed by atoms with Gasteiger partial charge in [-0.1, -0.05) is 0 Å². The Bertz CT molecular complexity index is 514. The van der Waals surface area contributed by atoms with Gasteiger partial charge in [-0.25, -0.2) is 9.37 Å². The van der Waals surface area contributed by atoms with Crippen LogP contribution in [0.4, 0.5) is 10.2 Å². The molecule has 0 bridgehead atoms. The number of aryl methyl sites for hydroxylation is 1. The van der Waals surface area contributed by atoms with Crippen molar-refractivity contribution in [1.29, 1.82) is 0 Å². The average Bonchev–Trinajstić information content (AvgIpc) is 2.30. The predicted octanol–water partition coefficient (Wildman–Crippen LogP) is 2.09. The van der Waals surface area contributed by atoms with Crippen LogP contribution in [0.15, 0.2) is 30.6 Å². The number of nitrogen functional groups attached to an aromatic ring is 1. The third-order valence-corrected chi connectivity index (χ3v) is 2.24. The first kappa shape index (κ1) is 11.3. The number of rotatable bonds is 3. The lowest BCUT2D eigenvalue weighted by atomic mass is 10.2. The number of ether oxygens (including phenoxy) is 1. The molecule has 0 fully saturated rings. The summed E-state index contributed by atoms with van der Waals surface area (Å²) in [5.41, 5.74) is 6.83. The molecule has 5 heteroatoms. The minimum absolute atomic E-state index is 0.276. The predicted molar refractivity (Wildman–Crippen MR) is 61.9 cm³/mol. The first-order chi connectivity index (χ1) is 8.15. The average molecular weight is 233 g/mol. The van der Waals surface area contributed by atoms with Crippen molar-refractivity contribution in [2.45, 2.75) is 13.5 Å². The van der Waals surface area contributed by atoms with E-state index in [-0.39, 0.29) is 12.4 Å². The number of nitrogens with two attached hydrogens (primary N) is 1. The van der Waals surface area contributed by atoms with Gasteiger partial charge in [0.1, 0.15) is 24.0 Å². The lowest BCUT2D eigenvalue weighted by molar-refractivity contribution is 0.298. The molecule has 0 aliphatic rings. The molecule has 1 aromatic carbocycles. The van der Waals surface area contributed by atoms with Gasteiger partial charge in [-0.05, 0) is 30.7 Å². The summed E-state index contributed by atoms with van der Waals surface area (Å²) < 4.78 is 18.4. The first-order valence-corrected chi connectivity index (χ1v) is 5.10. The van der Waals surface area contributed by atoms with Crippen molar-refractivity contribution >= 4 is 5.82 Å². The van der Waals surface area contributed by atoms with Crippen LogP contribution in [0.2, 0.25) is 0 Å². The zero-order valence-electron chi connectivity index (χ0n) is 9.35. The van der Waals surface area contributed by atoms with Crippen LogP contribution in [0, 0.1) is 12.7 Å². The molecule has 1 heterocycles. The van der Waals surface area contributed by atoms with Crippen LogP contribution in [0.1, 0.15) is 11.3 Å². The maximum Gasteiger partial charge on any atom is 0.141 e. The normalized spacial score (nSPS) is 10.2. The molecule has 2 aromatic rings. The maximum atomic E-state index is 12.9. The molecular formula is C12H12FN3O. The maximum absolute atomic E-state index is 12.9. The number of hydrogen-bond donors (Lipinski definition) is 1. The fourth-order valence-electron chi connectivity index (χ4n) is 1.37. The minimum Gasteiger partial charge on any atom is -0.487 e. The van der Waals surface area contributed by atoms with Crippen LogP contribution in [-0.4, -0.2) is 9.97 Å². The summed E-state index contributed by atoms with van der Waals surface area (Å²) in [7, 11) is 0. The molecule has 0 unspecified atom stereocenters. The van der Waals surface area contributed by atoms with Crippen molar-refractivity contribution in [3.63, 3.8) is 0 Å². The van der Waals surface area contributed by atoms with E-state index in [2.05, 4.69) is 9.97 Å². The highest BCUT2D eigenvalue weighted by molar-refractivity contribution is 5.32. The number of anilines is 1. The van der Waals surface area contributed by atoms with Gasteiger partial charge in [0.2, 0.25) is 0 Å². The molecule has 4 nitrogen and oxygen atoms in total. The highest BCUT2D eigenvalue weighted by Crippen LogP contribution is 2.19. The van der Waals surface area contributed by atoms with Crippen molar-refractivity contribution < 1.29 is 9.13 Å². The number of nitrogens with zero attached hydrogens (tertiary/aromatic N) is 2. The zero-order valence-corrected chi connectivity index (χ0v) is 9.35. The summed E-state index contributed by atoms with van der Waals surface area (Å²) in [5, 5.41) is 0. The SMILES string of the molecule is Cc1cc(F)ccc1OCc1cnc(N)cn1. The molecule has 17 heavy (non-hydrogen) atoms. The molecule has 0 saturated carbocycles. The van der Waals surface area contributed by atoms with Crippen LogP contribution in [0.25, 0.3) is 0 Å². The summed E-state index contributed by atoms with van der Waals surface area (Å²) in [6.45, 7) is 2.06. The van der Waals surface area contributed by atoms with Crippen molar-refractivity contribution in [2.75, 3.05) is 5.73 Å². The number of halogens is 1. The molecule has 0 spiro atoms. The fourth-order valence-corrected chi connectivity index (χ4v) is 1.37. The Morgan fingerprint density at radius 3 is 2.76 bits per heavy atom. The molecule has 0 saturated heterocycles. The van der Waals surface area contributed by atoms with Gasteiger partial charge < -0.3 is 10.5 Å². The van der Waals surface area contributed by atoms with E-state index in [0.717, 1.165) is 5.56 Å². The third kappa shape index (κ3) is 2.90. The summed E-state index contributed by atoms with van der Waals surface area (Å²) in [6.07, 6.45) is 3.02. The lowest BCUT2D eigenvalue weighted by Gasteiger charge is -2.08. The summed E-state index contributed by atoms with van der Waals surface area (Å²) in [4.78, 5) is 7.96. The van der Waals surface area contributed by atoms with Gasteiger partial charge in [-0.2, -0.15) is 0 Å². The standard InChI is InChI=1S/C12H12FN3O/c1-8-4-9(13)2-3-11(8)17-7-10-5-16-12(14)6-15-10/h2-6H,7H2,1H3,(H2,14,16). The van der Waals surface area contributed by atoms with Crippen molar-refractivity contribution in [2.24, 2.45) is 0 Å². The summed E-state index contributed by atoms with van der Waals surface area (Å²) >= 11 is 0. The van der Waals surface area contributed by atoms with Crippen molar-refractivity contribution in [3.05, 3.63) is 47.7 Å². The molecule has 0 atom stereocenters. The van der Waals surface area contributed by atoms with E-state index >= 15 is 0 Å². The van der Waals surface area contributed by atoms with Gasteiger partial charge in [-0.15, -0.1) is 0 Å². The molecule has 2 rings (SSSR count). The fraction of sp³-hybridized carbons (Fsp3) is 0.167. The summed E-state index contributed by atoms with van der Waals surface area (Å²) in [5.74, 6) is 0.721. The Morgan fingerprint density at radius 2 is 2.12 bits per heavy atom. The smallest absolute Gasteiger partial charge is 0.141 e. The molecule has 0 radical (unpaired) electrons. The van der Waals surface area contributed by atoms with E-state index in [4.69, 9.17) is 10.5 Å². The second-order valence-electron chi connectivity index (χ2n) is 3.63. The lowest BCUT2D eigenvalue weighted by Crippen LogP contribution is -2.01. The minimum atomic E-state index is -0.276. The van der Waals surface area contributed by atoms with Gasteiger partial charge in [0.15, 0.2) is 0 Å². The second-order valence-corrected chi connectivity index (χ2v) is 3.63. The zero-order chi connectivity index (χ0) is 12.3. The topological polar surface area (TPSA) is 61.0 Å². The van der Waals surface area contributed by atoms with E-state index in [1.807, 2.05) is 0 Å². The quantitative estimate of drug-likeness (QED) is 0.881. The Kier molecular flexibility index (Phi) is 3.18. The van der Waals surface area contributed by atoms with Gasteiger partial charge in [0.05, 0.1) is 18.1 Å².